The first kappa shape index (κ1) is 15.0. The van der Waals surface area contributed by atoms with E-state index in [1.54, 1.807) is 30.3 Å². The molecule has 0 heterocycles. The van der Waals surface area contributed by atoms with Gasteiger partial charge in [-0.05, 0) is 30.3 Å². The van der Waals surface area contributed by atoms with Gasteiger partial charge in [0.25, 0.3) is 10.0 Å². The van der Waals surface area contributed by atoms with Gasteiger partial charge in [0.1, 0.15) is 5.82 Å². The number of hydrogen-bond acceptors (Lipinski definition) is 3. The third-order valence-corrected chi connectivity index (χ3v) is 4.68. The van der Waals surface area contributed by atoms with Gasteiger partial charge < -0.3 is 0 Å². The summed E-state index contributed by atoms with van der Waals surface area (Å²) in [4.78, 5) is -0.135. The van der Waals surface area contributed by atoms with Crippen LogP contribution in [0.15, 0.2) is 59.5 Å². The monoisotopic (exact) mass is 304 g/mol. The Kier molecular flexibility index (Phi) is 4.55. The average Bonchev–Trinajstić information content (AvgIpc) is 2.48. The third-order valence-electron chi connectivity index (χ3n) is 2.85. The molecule has 21 heavy (non-hydrogen) atoms. The molecule has 0 saturated carbocycles. The highest BCUT2D eigenvalue weighted by molar-refractivity contribution is 7.92. The molecule has 0 aromatic heterocycles. The lowest BCUT2D eigenvalue weighted by atomic mass is 10.3. The van der Waals surface area contributed by atoms with Crippen LogP contribution in [-0.2, 0) is 10.0 Å². The largest absolute Gasteiger partial charge is 0.265 e. The maximum absolute atomic E-state index is 13.3. The van der Waals surface area contributed by atoms with Gasteiger partial charge in [0, 0.05) is 6.54 Å². The van der Waals surface area contributed by atoms with Crippen LogP contribution in [0, 0.1) is 17.1 Å². The molecule has 0 bridgehead atoms. The number of anilines is 1. The van der Waals surface area contributed by atoms with Crippen molar-refractivity contribution in [2.24, 2.45) is 0 Å². The molecule has 0 aliphatic heterocycles. The van der Waals surface area contributed by atoms with Crippen molar-refractivity contribution in [2.45, 2.75) is 11.3 Å². The molecule has 108 valence electrons. The van der Waals surface area contributed by atoms with Crippen molar-refractivity contribution in [1.82, 2.24) is 0 Å². The fraction of sp³-hybridized carbons (Fsp3) is 0.133. The van der Waals surface area contributed by atoms with Crippen LogP contribution in [0.2, 0.25) is 0 Å². The summed E-state index contributed by atoms with van der Waals surface area (Å²) in [7, 11) is -3.91. The summed E-state index contributed by atoms with van der Waals surface area (Å²) in [6.45, 7) is 0.0133. The second-order valence-electron chi connectivity index (χ2n) is 4.28. The van der Waals surface area contributed by atoms with Gasteiger partial charge in [0.05, 0.1) is 23.1 Å². The number of benzene rings is 2. The van der Waals surface area contributed by atoms with Gasteiger partial charge >= 0.3 is 0 Å². The summed E-state index contributed by atoms with van der Waals surface area (Å²) in [5, 5.41) is 8.71. The van der Waals surface area contributed by atoms with E-state index in [0.29, 0.717) is 5.69 Å². The van der Waals surface area contributed by atoms with Crippen molar-refractivity contribution in [1.29, 1.82) is 5.26 Å². The molecular formula is C15H13FN2O2S. The van der Waals surface area contributed by atoms with Gasteiger partial charge in [-0.1, -0.05) is 24.3 Å². The molecule has 0 fully saturated rings. The molecular weight excluding hydrogens is 291 g/mol. The van der Waals surface area contributed by atoms with Crippen molar-refractivity contribution in [3.63, 3.8) is 0 Å². The Morgan fingerprint density at radius 2 is 1.81 bits per heavy atom. The molecule has 4 nitrogen and oxygen atoms in total. The van der Waals surface area contributed by atoms with Crippen LogP contribution in [0.4, 0.5) is 10.1 Å². The van der Waals surface area contributed by atoms with Crippen LogP contribution in [0.1, 0.15) is 6.42 Å². The summed E-state index contributed by atoms with van der Waals surface area (Å²) >= 11 is 0. The minimum absolute atomic E-state index is 0.0133. The standard InChI is InChI=1S/C15H13FN2O2S/c16-13-6-4-9-15(12-13)21(19,20)18(11-5-10-17)14-7-2-1-3-8-14/h1-4,6-9,12H,5,11H2. The lowest BCUT2D eigenvalue weighted by molar-refractivity contribution is 0.586. The van der Waals surface area contributed by atoms with E-state index in [2.05, 4.69) is 0 Å². The number of halogens is 1. The first-order valence-corrected chi connectivity index (χ1v) is 7.70. The molecule has 0 atom stereocenters. The number of para-hydroxylation sites is 1. The maximum atomic E-state index is 13.3. The molecule has 2 rings (SSSR count). The predicted molar refractivity (Wildman–Crippen MR) is 77.6 cm³/mol. The van der Waals surface area contributed by atoms with Crippen LogP contribution >= 0.6 is 0 Å². The molecule has 2 aromatic rings. The highest BCUT2D eigenvalue weighted by Gasteiger charge is 2.24. The molecule has 0 unspecified atom stereocenters. The van der Waals surface area contributed by atoms with Gasteiger partial charge in [-0.3, -0.25) is 4.31 Å². The number of sulfonamides is 1. The van der Waals surface area contributed by atoms with Crippen molar-refractivity contribution in [2.75, 3.05) is 10.8 Å². The topological polar surface area (TPSA) is 61.2 Å². The smallest absolute Gasteiger partial charge is 0.264 e. The Bertz CT molecular complexity index is 755. The van der Waals surface area contributed by atoms with E-state index in [-0.39, 0.29) is 17.9 Å². The van der Waals surface area contributed by atoms with Gasteiger partial charge in [-0.25, -0.2) is 12.8 Å². The summed E-state index contributed by atoms with van der Waals surface area (Å²) in [5.41, 5.74) is 0.442. The number of nitrogens with zero attached hydrogens (tertiary/aromatic N) is 2. The van der Waals surface area contributed by atoms with E-state index >= 15 is 0 Å². The Morgan fingerprint density at radius 1 is 1.10 bits per heavy atom. The molecule has 2 aromatic carbocycles. The lowest BCUT2D eigenvalue weighted by Gasteiger charge is -2.23. The predicted octanol–water partition coefficient (Wildman–Crippen LogP) is 2.93. The van der Waals surface area contributed by atoms with Crippen molar-refractivity contribution in [3.8, 4) is 6.07 Å². The molecule has 0 aliphatic carbocycles. The second kappa shape index (κ2) is 6.37. The van der Waals surface area contributed by atoms with Crippen molar-refractivity contribution < 1.29 is 12.8 Å². The number of rotatable bonds is 5. The fourth-order valence-corrected chi connectivity index (χ4v) is 3.39. The zero-order valence-electron chi connectivity index (χ0n) is 11.1. The summed E-state index contributed by atoms with van der Waals surface area (Å²) in [6.07, 6.45) is 0.0451. The van der Waals surface area contributed by atoms with Crippen LogP contribution in [0.3, 0.4) is 0 Å². The Labute approximate surface area is 123 Å². The van der Waals surface area contributed by atoms with Crippen molar-refractivity contribution in [3.05, 3.63) is 60.4 Å². The van der Waals surface area contributed by atoms with Crippen LogP contribution < -0.4 is 4.31 Å². The Morgan fingerprint density at radius 3 is 2.43 bits per heavy atom. The van der Waals surface area contributed by atoms with Crippen LogP contribution in [0.25, 0.3) is 0 Å². The average molecular weight is 304 g/mol. The normalized spacial score (nSPS) is 10.9. The first-order valence-electron chi connectivity index (χ1n) is 6.26. The van der Waals surface area contributed by atoms with E-state index < -0.39 is 15.8 Å². The Balaban J connectivity index is 2.48. The molecule has 0 saturated heterocycles. The second-order valence-corrected chi connectivity index (χ2v) is 6.14. The van der Waals surface area contributed by atoms with Crippen molar-refractivity contribution >= 4 is 15.7 Å². The number of hydrogen-bond donors (Lipinski definition) is 0. The molecule has 0 radical (unpaired) electrons. The highest BCUT2D eigenvalue weighted by Crippen LogP contribution is 2.24. The third kappa shape index (κ3) is 3.38. The van der Waals surface area contributed by atoms with Gasteiger partial charge in [-0.15, -0.1) is 0 Å². The maximum Gasteiger partial charge on any atom is 0.264 e. The van der Waals surface area contributed by atoms with E-state index in [4.69, 9.17) is 5.26 Å². The minimum atomic E-state index is -3.91. The molecule has 0 aliphatic rings. The quantitative estimate of drug-likeness (QED) is 0.853. The highest BCUT2D eigenvalue weighted by atomic mass is 32.2. The van der Waals surface area contributed by atoms with E-state index in [9.17, 15) is 12.8 Å². The van der Waals surface area contributed by atoms with E-state index in [0.717, 1.165) is 10.4 Å². The Hall–Kier alpha value is -2.39. The van der Waals surface area contributed by atoms with Crippen LogP contribution in [0.5, 0.6) is 0 Å². The SMILES string of the molecule is N#CCCN(c1ccccc1)S(=O)(=O)c1cccc(F)c1. The number of nitriles is 1. The lowest BCUT2D eigenvalue weighted by Crippen LogP contribution is -2.32. The fourth-order valence-electron chi connectivity index (χ4n) is 1.89. The minimum Gasteiger partial charge on any atom is -0.265 e. The molecule has 0 amide bonds. The zero-order valence-corrected chi connectivity index (χ0v) is 11.9. The molecule has 6 heteroatoms. The van der Waals surface area contributed by atoms with E-state index in [1.807, 2.05) is 6.07 Å². The van der Waals surface area contributed by atoms with Crippen LogP contribution in [-0.4, -0.2) is 15.0 Å². The van der Waals surface area contributed by atoms with E-state index in [1.165, 1.54) is 18.2 Å². The molecule has 0 N–H and O–H groups in total. The zero-order chi connectivity index (χ0) is 15.3. The summed E-state index contributed by atoms with van der Waals surface area (Å²) in [6, 6.07) is 15.2. The van der Waals surface area contributed by atoms with Gasteiger partial charge in [0.15, 0.2) is 0 Å². The van der Waals surface area contributed by atoms with Gasteiger partial charge in [0.2, 0.25) is 0 Å². The molecule has 0 spiro atoms. The van der Waals surface area contributed by atoms with Gasteiger partial charge in [-0.2, -0.15) is 5.26 Å². The summed E-state index contributed by atoms with van der Waals surface area (Å²) < 4.78 is 39.7. The summed E-state index contributed by atoms with van der Waals surface area (Å²) in [5.74, 6) is -0.621. The first-order chi connectivity index (χ1) is 10.1.